The maximum absolute atomic E-state index is 6.07. The lowest BCUT2D eigenvalue weighted by Crippen LogP contribution is -2.45. The molecular formula is C24H39N3O2. The molecule has 0 aromatic heterocycles. The van der Waals surface area contributed by atoms with Gasteiger partial charge in [0.15, 0.2) is 5.96 Å². The standard InChI is InChI=1S/C24H39N3O2/c1-3-19-7-6-10-22(16-19)27-24(25-4-2)26-17-20-8-5-9-21(15-20)18-29-23-11-13-28-14-12-23/h5,8-9,15,19,22-23H,3-4,6-7,10-14,16-18H2,1-2H3,(H2,25,26,27). The van der Waals surface area contributed by atoms with Gasteiger partial charge in [-0.05, 0) is 49.7 Å². The van der Waals surface area contributed by atoms with Gasteiger partial charge in [0.05, 0.1) is 19.3 Å². The van der Waals surface area contributed by atoms with Gasteiger partial charge < -0.3 is 20.1 Å². The molecule has 29 heavy (non-hydrogen) atoms. The van der Waals surface area contributed by atoms with Crippen molar-refractivity contribution >= 4 is 5.96 Å². The van der Waals surface area contributed by atoms with Crippen molar-refractivity contribution in [2.45, 2.75) is 84.1 Å². The maximum atomic E-state index is 6.07. The van der Waals surface area contributed by atoms with Gasteiger partial charge in [-0.25, -0.2) is 4.99 Å². The highest BCUT2D eigenvalue weighted by Gasteiger charge is 2.21. The number of aliphatic imine (C=N–C) groups is 1. The SMILES string of the molecule is CCNC(=NCc1cccc(COC2CCOCC2)c1)NC1CCCC(CC)C1. The van der Waals surface area contributed by atoms with Crippen LogP contribution >= 0.6 is 0 Å². The maximum Gasteiger partial charge on any atom is 0.191 e. The molecule has 1 heterocycles. The normalized spacial score (nSPS) is 23.7. The molecule has 5 nitrogen and oxygen atoms in total. The van der Waals surface area contributed by atoms with Gasteiger partial charge in [0, 0.05) is 25.8 Å². The van der Waals surface area contributed by atoms with Gasteiger partial charge >= 0.3 is 0 Å². The molecule has 0 amide bonds. The second-order valence-corrected chi connectivity index (χ2v) is 8.42. The monoisotopic (exact) mass is 401 g/mol. The van der Waals surface area contributed by atoms with Crippen molar-refractivity contribution in [2.24, 2.45) is 10.9 Å². The quantitative estimate of drug-likeness (QED) is 0.501. The molecule has 1 aliphatic heterocycles. The second kappa shape index (κ2) is 12.2. The highest BCUT2D eigenvalue weighted by molar-refractivity contribution is 5.80. The molecule has 5 heteroatoms. The number of hydrogen-bond donors (Lipinski definition) is 2. The van der Waals surface area contributed by atoms with Crippen LogP contribution in [0.2, 0.25) is 0 Å². The van der Waals surface area contributed by atoms with Gasteiger partial charge in [-0.1, -0.05) is 50.5 Å². The van der Waals surface area contributed by atoms with E-state index in [1.807, 2.05) is 0 Å². The molecule has 2 aliphatic rings. The highest BCUT2D eigenvalue weighted by atomic mass is 16.5. The predicted octanol–water partition coefficient (Wildman–Crippen LogP) is 4.41. The van der Waals surface area contributed by atoms with Gasteiger partial charge in [0.25, 0.3) is 0 Å². The Morgan fingerprint density at radius 2 is 1.97 bits per heavy atom. The van der Waals surface area contributed by atoms with Crippen LogP contribution in [0.4, 0.5) is 0 Å². The van der Waals surface area contributed by atoms with E-state index in [0.717, 1.165) is 44.5 Å². The van der Waals surface area contributed by atoms with Crippen molar-refractivity contribution in [1.29, 1.82) is 0 Å². The van der Waals surface area contributed by atoms with Crippen molar-refractivity contribution in [3.63, 3.8) is 0 Å². The summed E-state index contributed by atoms with van der Waals surface area (Å²) in [5.74, 6) is 1.80. The summed E-state index contributed by atoms with van der Waals surface area (Å²) in [6.07, 6.45) is 8.84. The van der Waals surface area contributed by atoms with Gasteiger partial charge in [-0.2, -0.15) is 0 Å². The fraction of sp³-hybridized carbons (Fsp3) is 0.708. The number of ether oxygens (including phenoxy) is 2. The molecule has 1 saturated heterocycles. The van der Waals surface area contributed by atoms with Gasteiger partial charge in [-0.3, -0.25) is 0 Å². The molecule has 1 aromatic rings. The molecular weight excluding hydrogens is 362 g/mol. The van der Waals surface area contributed by atoms with Crippen molar-refractivity contribution in [3.05, 3.63) is 35.4 Å². The summed E-state index contributed by atoms with van der Waals surface area (Å²) in [7, 11) is 0. The van der Waals surface area contributed by atoms with Crippen LogP contribution < -0.4 is 10.6 Å². The zero-order valence-corrected chi connectivity index (χ0v) is 18.3. The van der Waals surface area contributed by atoms with Crippen LogP contribution in [0.25, 0.3) is 0 Å². The first-order valence-corrected chi connectivity index (χ1v) is 11.6. The van der Waals surface area contributed by atoms with Gasteiger partial charge in [0.2, 0.25) is 0 Å². The van der Waals surface area contributed by atoms with Crippen molar-refractivity contribution in [3.8, 4) is 0 Å². The third-order valence-corrected chi connectivity index (χ3v) is 6.11. The molecule has 2 unspecified atom stereocenters. The molecule has 0 radical (unpaired) electrons. The first-order chi connectivity index (χ1) is 14.3. The van der Waals surface area contributed by atoms with Crippen LogP contribution in [0.3, 0.4) is 0 Å². The van der Waals surface area contributed by atoms with E-state index in [0.29, 0.717) is 25.3 Å². The summed E-state index contributed by atoms with van der Waals surface area (Å²) in [5, 5.41) is 7.09. The van der Waals surface area contributed by atoms with E-state index in [-0.39, 0.29) is 0 Å². The van der Waals surface area contributed by atoms with Crippen LogP contribution in [-0.4, -0.2) is 37.9 Å². The molecule has 162 valence electrons. The van der Waals surface area contributed by atoms with Gasteiger partial charge in [0.1, 0.15) is 0 Å². The first-order valence-electron chi connectivity index (χ1n) is 11.6. The van der Waals surface area contributed by atoms with Crippen LogP contribution in [0.1, 0.15) is 69.9 Å². The van der Waals surface area contributed by atoms with Crippen LogP contribution in [0.15, 0.2) is 29.3 Å². The molecule has 1 aromatic carbocycles. The van der Waals surface area contributed by atoms with E-state index in [1.54, 1.807) is 0 Å². The van der Waals surface area contributed by atoms with Gasteiger partial charge in [-0.15, -0.1) is 0 Å². The minimum absolute atomic E-state index is 0.331. The zero-order valence-electron chi connectivity index (χ0n) is 18.3. The lowest BCUT2D eigenvalue weighted by atomic mass is 9.84. The Hall–Kier alpha value is -1.59. The Morgan fingerprint density at radius 3 is 2.76 bits per heavy atom. The summed E-state index contributed by atoms with van der Waals surface area (Å²) in [6, 6.07) is 9.17. The molecule has 2 N–H and O–H groups in total. The van der Waals surface area contributed by atoms with E-state index in [2.05, 4.69) is 48.7 Å². The topological polar surface area (TPSA) is 54.9 Å². The minimum atomic E-state index is 0.331. The summed E-state index contributed by atoms with van der Waals surface area (Å²) < 4.78 is 11.5. The number of nitrogens with one attached hydrogen (secondary N) is 2. The number of guanidine groups is 1. The lowest BCUT2D eigenvalue weighted by molar-refractivity contribution is -0.0390. The van der Waals surface area contributed by atoms with Crippen molar-refractivity contribution < 1.29 is 9.47 Å². The van der Waals surface area contributed by atoms with Crippen molar-refractivity contribution in [2.75, 3.05) is 19.8 Å². The Morgan fingerprint density at radius 1 is 1.14 bits per heavy atom. The Kier molecular flexibility index (Phi) is 9.29. The molecule has 2 fully saturated rings. The third kappa shape index (κ3) is 7.63. The largest absolute Gasteiger partial charge is 0.381 e. The van der Waals surface area contributed by atoms with E-state index in [4.69, 9.17) is 14.5 Å². The Balaban J connectivity index is 1.52. The molecule has 0 spiro atoms. The summed E-state index contributed by atoms with van der Waals surface area (Å²) >= 11 is 0. The minimum Gasteiger partial charge on any atom is -0.381 e. The molecule has 3 rings (SSSR count). The van der Waals surface area contributed by atoms with E-state index < -0.39 is 0 Å². The fourth-order valence-electron chi connectivity index (χ4n) is 4.35. The van der Waals surface area contributed by atoms with E-state index in [9.17, 15) is 0 Å². The second-order valence-electron chi connectivity index (χ2n) is 8.42. The predicted molar refractivity (Wildman–Crippen MR) is 119 cm³/mol. The smallest absolute Gasteiger partial charge is 0.191 e. The number of hydrogen-bond acceptors (Lipinski definition) is 3. The number of rotatable bonds is 8. The molecule has 1 aliphatic carbocycles. The van der Waals surface area contributed by atoms with Crippen LogP contribution in [0, 0.1) is 5.92 Å². The molecule has 2 atom stereocenters. The Labute approximate surface area is 176 Å². The van der Waals surface area contributed by atoms with E-state index >= 15 is 0 Å². The van der Waals surface area contributed by atoms with Crippen LogP contribution in [-0.2, 0) is 22.6 Å². The summed E-state index contributed by atoms with van der Waals surface area (Å²) in [6.45, 7) is 8.31. The fourth-order valence-corrected chi connectivity index (χ4v) is 4.35. The average molecular weight is 402 g/mol. The average Bonchev–Trinajstić information content (AvgIpc) is 2.77. The highest BCUT2D eigenvalue weighted by Crippen LogP contribution is 2.26. The summed E-state index contributed by atoms with van der Waals surface area (Å²) in [5.41, 5.74) is 2.45. The number of benzene rings is 1. The van der Waals surface area contributed by atoms with E-state index in [1.165, 1.54) is 43.2 Å². The Bertz CT molecular complexity index is 628. The number of nitrogens with zero attached hydrogens (tertiary/aromatic N) is 1. The molecule has 1 saturated carbocycles. The molecule has 0 bridgehead atoms. The zero-order chi connectivity index (χ0) is 20.3. The third-order valence-electron chi connectivity index (χ3n) is 6.11. The first kappa shape index (κ1) is 22.1. The summed E-state index contributed by atoms with van der Waals surface area (Å²) in [4.78, 5) is 4.86. The van der Waals surface area contributed by atoms with Crippen molar-refractivity contribution in [1.82, 2.24) is 10.6 Å². The lowest BCUT2D eigenvalue weighted by Gasteiger charge is -2.30. The van der Waals surface area contributed by atoms with Crippen LogP contribution in [0.5, 0.6) is 0 Å².